The Labute approximate surface area is 116 Å². The summed E-state index contributed by atoms with van der Waals surface area (Å²) in [7, 11) is 3.95. The summed E-state index contributed by atoms with van der Waals surface area (Å²) in [6, 6.07) is 8.30. The average molecular weight is 262 g/mol. The molecule has 19 heavy (non-hydrogen) atoms. The highest BCUT2D eigenvalue weighted by Crippen LogP contribution is 2.20. The van der Waals surface area contributed by atoms with E-state index in [9.17, 15) is 0 Å². The Morgan fingerprint density at radius 3 is 2.74 bits per heavy atom. The van der Waals surface area contributed by atoms with Crippen molar-refractivity contribution < 1.29 is 4.74 Å². The van der Waals surface area contributed by atoms with Crippen LogP contribution in [0.4, 0.5) is 0 Å². The molecule has 3 nitrogen and oxygen atoms in total. The van der Waals surface area contributed by atoms with Gasteiger partial charge in [0.15, 0.2) is 0 Å². The maximum atomic E-state index is 5.41. The summed E-state index contributed by atoms with van der Waals surface area (Å²) in [6.07, 6.45) is 3.98. The molecule has 0 aliphatic carbocycles. The lowest BCUT2D eigenvalue weighted by atomic mass is 9.94. The molecule has 0 amide bonds. The van der Waals surface area contributed by atoms with Crippen molar-refractivity contribution in [3.63, 3.8) is 0 Å². The number of nitrogens with zero attached hydrogens (tertiary/aromatic N) is 1. The van der Waals surface area contributed by atoms with Crippen molar-refractivity contribution >= 4 is 0 Å². The number of piperidine rings is 1. The summed E-state index contributed by atoms with van der Waals surface area (Å²) >= 11 is 0. The first-order chi connectivity index (χ1) is 9.29. The molecule has 3 heteroatoms. The maximum absolute atomic E-state index is 5.41. The molecule has 1 aliphatic rings. The van der Waals surface area contributed by atoms with Crippen molar-refractivity contribution in [3.05, 3.63) is 29.8 Å². The Hall–Kier alpha value is -1.06. The summed E-state index contributed by atoms with van der Waals surface area (Å²) < 4.78 is 5.41. The molecule has 1 aromatic rings. The number of ether oxygens (including phenoxy) is 1. The molecule has 0 radical (unpaired) electrons. The monoisotopic (exact) mass is 262 g/mol. The maximum Gasteiger partial charge on any atom is 0.123 e. The number of methoxy groups -OCH3 is 1. The van der Waals surface area contributed by atoms with Gasteiger partial charge in [0.25, 0.3) is 0 Å². The van der Waals surface area contributed by atoms with Gasteiger partial charge in [-0.15, -0.1) is 0 Å². The van der Waals surface area contributed by atoms with Crippen LogP contribution in [0.3, 0.4) is 0 Å². The van der Waals surface area contributed by atoms with Crippen LogP contribution < -0.4 is 10.1 Å². The molecule has 106 valence electrons. The van der Waals surface area contributed by atoms with Crippen LogP contribution in [0.5, 0.6) is 5.75 Å². The largest absolute Gasteiger partial charge is 0.496 e. The van der Waals surface area contributed by atoms with Crippen molar-refractivity contribution in [2.24, 2.45) is 5.92 Å². The normalized spacial score (nSPS) is 16.8. The first-order valence-electron chi connectivity index (χ1n) is 7.30. The second-order valence-electron chi connectivity index (χ2n) is 5.53. The van der Waals surface area contributed by atoms with Crippen LogP contribution in [0, 0.1) is 5.92 Å². The molecule has 0 atom stereocenters. The van der Waals surface area contributed by atoms with E-state index in [1.165, 1.54) is 44.5 Å². The quantitative estimate of drug-likeness (QED) is 0.852. The molecular weight excluding hydrogens is 236 g/mol. The molecule has 1 fully saturated rings. The summed E-state index contributed by atoms with van der Waals surface area (Å²) in [5, 5.41) is 3.43. The summed E-state index contributed by atoms with van der Waals surface area (Å²) in [5.74, 6) is 1.90. The van der Waals surface area contributed by atoms with Crippen LogP contribution in [-0.4, -0.2) is 38.7 Å². The van der Waals surface area contributed by atoms with E-state index in [0.29, 0.717) is 0 Å². The van der Waals surface area contributed by atoms with Crippen molar-refractivity contribution in [1.29, 1.82) is 0 Å². The van der Waals surface area contributed by atoms with Gasteiger partial charge in [-0.05, 0) is 57.9 Å². The van der Waals surface area contributed by atoms with Gasteiger partial charge in [-0.2, -0.15) is 0 Å². The first-order valence-corrected chi connectivity index (χ1v) is 7.30. The van der Waals surface area contributed by atoms with Crippen LogP contribution >= 0.6 is 0 Å². The predicted molar refractivity (Wildman–Crippen MR) is 79.5 cm³/mol. The zero-order chi connectivity index (χ0) is 13.5. The molecule has 0 aromatic heterocycles. The van der Waals surface area contributed by atoms with Gasteiger partial charge in [-0.3, -0.25) is 0 Å². The molecule has 0 spiro atoms. The van der Waals surface area contributed by atoms with Crippen molar-refractivity contribution in [2.45, 2.75) is 25.8 Å². The fourth-order valence-corrected chi connectivity index (χ4v) is 2.78. The highest BCUT2D eigenvalue weighted by atomic mass is 16.5. The third kappa shape index (κ3) is 4.51. The molecule has 1 aliphatic heterocycles. The number of hydrogen-bond acceptors (Lipinski definition) is 3. The number of nitrogens with one attached hydrogen (secondary N) is 1. The Balaban J connectivity index is 1.78. The highest BCUT2D eigenvalue weighted by molar-refractivity contribution is 5.32. The molecule has 0 saturated carbocycles. The molecular formula is C16H26N2O. The number of para-hydroxylation sites is 1. The molecule has 1 saturated heterocycles. The van der Waals surface area contributed by atoms with Crippen molar-refractivity contribution in [3.8, 4) is 5.75 Å². The third-order valence-electron chi connectivity index (χ3n) is 4.01. The second kappa shape index (κ2) is 7.51. The van der Waals surface area contributed by atoms with Gasteiger partial charge in [-0.25, -0.2) is 0 Å². The van der Waals surface area contributed by atoms with Gasteiger partial charge < -0.3 is 15.0 Å². The van der Waals surface area contributed by atoms with E-state index in [1.807, 2.05) is 12.1 Å². The van der Waals surface area contributed by atoms with E-state index >= 15 is 0 Å². The Morgan fingerprint density at radius 1 is 1.26 bits per heavy atom. The molecule has 1 heterocycles. The third-order valence-corrected chi connectivity index (χ3v) is 4.01. The second-order valence-corrected chi connectivity index (χ2v) is 5.53. The summed E-state index contributed by atoms with van der Waals surface area (Å²) in [6.45, 7) is 4.53. The highest BCUT2D eigenvalue weighted by Gasteiger charge is 2.14. The minimum Gasteiger partial charge on any atom is -0.496 e. The van der Waals surface area contributed by atoms with Crippen LogP contribution in [0.15, 0.2) is 24.3 Å². The first kappa shape index (κ1) is 14.4. The van der Waals surface area contributed by atoms with E-state index < -0.39 is 0 Å². The standard InChI is InChI=1S/C16H26N2O/c1-18(12-9-14-7-10-17-11-8-14)13-15-5-3-4-6-16(15)19-2/h3-6,14,17H,7-13H2,1-2H3. The average Bonchev–Trinajstić information content (AvgIpc) is 2.47. The Morgan fingerprint density at radius 2 is 2.00 bits per heavy atom. The number of rotatable bonds is 6. The van der Waals surface area contributed by atoms with E-state index in [-0.39, 0.29) is 0 Å². The SMILES string of the molecule is COc1ccccc1CN(C)CCC1CCNCC1. The van der Waals surface area contributed by atoms with Crippen LogP contribution in [0.25, 0.3) is 0 Å². The summed E-state index contributed by atoms with van der Waals surface area (Å²) in [5.41, 5.74) is 1.28. The van der Waals surface area contributed by atoms with Crippen molar-refractivity contribution in [1.82, 2.24) is 10.2 Å². The van der Waals surface area contributed by atoms with Gasteiger partial charge in [0, 0.05) is 12.1 Å². The number of hydrogen-bond donors (Lipinski definition) is 1. The van der Waals surface area contributed by atoms with Gasteiger partial charge >= 0.3 is 0 Å². The van der Waals surface area contributed by atoms with Gasteiger partial charge in [0.05, 0.1) is 7.11 Å². The lowest BCUT2D eigenvalue weighted by Crippen LogP contribution is -2.30. The zero-order valence-corrected chi connectivity index (χ0v) is 12.2. The molecule has 0 bridgehead atoms. The fourth-order valence-electron chi connectivity index (χ4n) is 2.78. The lowest BCUT2D eigenvalue weighted by molar-refractivity contribution is 0.263. The molecule has 1 N–H and O–H groups in total. The molecule has 2 rings (SSSR count). The van der Waals surface area contributed by atoms with Crippen LogP contribution in [0.1, 0.15) is 24.8 Å². The van der Waals surface area contributed by atoms with Crippen LogP contribution in [-0.2, 0) is 6.54 Å². The van der Waals surface area contributed by atoms with E-state index in [2.05, 4.69) is 29.4 Å². The zero-order valence-electron chi connectivity index (χ0n) is 12.2. The van der Waals surface area contributed by atoms with E-state index in [0.717, 1.165) is 18.2 Å². The Kier molecular flexibility index (Phi) is 5.67. The minimum atomic E-state index is 0.904. The predicted octanol–water partition coefficient (Wildman–Crippen LogP) is 2.52. The molecule has 0 unspecified atom stereocenters. The van der Waals surface area contributed by atoms with Gasteiger partial charge in [0.2, 0.25) is 0 Å². The van der Waals surface area contributed by atoms with Gasteiger partial charge in [0.1, 0.15) is 5.75 Å². The number of benzene rings is 1. The lowest BCUT2D eigenvalue weighted by Gasteiger charge is -2.25. The topological polar surface area (TPSA) is 24.5 Å². The van der Waals surface area contributed by atoms with Crippen LogP contribution in [0.2, 0.25) is 0 Å². The van der Waals surface area contributed by atoms with E-state index in [1.54, 1.807) is 7.11 Å². The minimum absolute atomic E-state index is 0.904. The fraction of sp³-hybridized carbons (Fsp3) is 0.625. The Bertz CT molecular complexity index is 375. The van der Waals surface area contributed by atoms with Crippen molar-refractivity contribution in [2.75, 3.05) is 33.8 Å². The smallest absolute Gasteiger partial charge is 0.123 e. The van der Waals surface area contributed by atoms with E-state index in [4.69, 9.17) is 4.74 Å². The van der Waals surface area contributed by atoms with Gasteiger partial charge in [-0.1, -0.05) is 18.2 Å². The molecule has 1 aromatic carbocycles. The summed E-state index contributed by atoms with van der Waals surface area (Å²) in [4.78, 5) is 2.40.